The van der Waals surface area contributed by atoms with Gasteiger partial charge in [0.15, 0.2) is 9.84 Å². The maximum atomic E-state index is 13.5. The number of rotatable bonds is 5. The molecular weight excluding hydrogens is 500 g/mol. The molecule has 2 atom stereocenters. The molecule has 0 spiro atoms. The van der Waals surface area contributed by atoms with Crippen LogP contribution in [-0.4, -0.2) is 43.7 Å². The van der Waals surface area contributed by atoms with Crippen LogP contribution in [-0.2, 0) is 27.5 Å². The van der Waals surface area contributed by atoms with Crippen molar-refractivity contribution in [1.82, 2.24) is 5.32 Å². The van der Waals surface area contributed by atoms with Crippen molar-refractivity contribution in [3.05, 3.63) is 45.8 Å². The van der Waals surface area contributed by atoms with E-state index in [-0.39, 0.29) is 34.1 Å². The zero-order chi connectivity index (χ0) is 26.3. The molecule has 2 aliphatic rings. The average molecular weight is 533 g/mol. The number of hydrogen-bond acceptors (Lipinski definition) is 7. The molecule has 2 heterocycles. The van der Waals surface area contributed by atoms with E-state index < -0.39 is 27.8 Å². The molecule has 1 aromatic heterocycles. The summed E-state index contributed by atoms with van der Waals surface area (Å²) in [6.07, 6.45) is 2.82. The molecule has 2 unspecified atom stereocenters. The van der Waals surface area contributed by atoms with Gasteiger partial charge in [-0.05, 0) is 54.7 Å². The van der Waals surface area contributed by atoms with Crippen LogP contribution in [0.15, 0.2) is 24.3 Å². The van der Waals surface area contributed by atoms with E-state index >= 15 is 0 Å². The Kier molecular flexibility index (Phi) is 7.30. The van der Waals surface area contributed by atoms with Crippen molar-refractivity contribution in [3.63, 3.8) is 0 Å². The van der Waals surface area contributed by atoms with E-state index in [1.165, 1.54) is 24.3 Å². The second kappa shape index (κ2) is 9.97. The summed E-state index contributed by atoms with van der Waals surface area (Å²) in [5, 5.41) is 6.20. The molecule has 8 nitrogen and oxygen atoms in total. The summed E-state index contributed by atoms with van der Waals surface area (Å²) in [4.78, 5) is 39.3. The molecule has 2 N–H and O–H groups in total. The minimum absolute atomic E-state index is 0.0590. The van der Waals surface area contributed by atoms with Crippen LogP contribution in [0.5, 0.6) is 5.75 Å². The first-order chi connectivity index (χ1) is 16.8. The number of ether oxygens (including phenoxy) is 1. The first-order valence-corrected chi connectivity index (χ1v) is 14.7. The first kappa shape index (κ1) is 26.3. The van der Waals surface area contributed by atoms with Crippen LogP contribution in [0.3, 0.4) is 0 Å². The Morgan fingerprint density at radius 2 is 1.81 bits per heavy atom. The van der Waals surface area contributed by atoms with E-state index in [0.29, 0.717) is 29.3 Å². The Morgan fingerprint density at radius 3 is 2.44 bits per heavy atom. The van der Waals surface area contributed by atoms with E-state index in [4.69, 9.17) is 4.74 Å². The minimum Gasteiger partial charge on any atom is -0.426 e. The second-order valence-electron chi connectivity index (χ2n) is 10.6. The molecule has 4 rings (SSSR count). The molecular formula is C26H32N2O6S2. The van der Waals surface area contributed by atoms with Crippen LogP contribution in [0.25, 0.3) is 0 Å². The zero-order valence-electron chi connectivity index (χ0n) is 21.0. The van der Waals surface area contributed by atoms with Crippen molar-refractivity contribution < 1.29 is 27.5 Å². The summed E-state index contributed by atoms with van der Waals surface area (Å²) in [6.45, 7) is 7.89. The molecule has 194 valence electrons. The largest absolute Gasteiger partial charge is 0.426 e. The summed E-state index contributed by atoms with van der Waals surface area (Å²) >= 11 is 1.39. The van der Waals surface area contributed by atoms with Crippen LogP contribution >= 0.6 is 11.3 Å². The summed E-state index contributed by atoms with van der Waals surface area (Å²) in [5.41, 5.74) is 1.61. The predicted octanol–water partition coefficient (Wildman–Crippen LogP) is 3.99. The maximum Gasteiger partial charge on any atom is 0.308 e. The fourth-order valence-corrected chi connectivity index (χ4v) is 7.88. The number of sulfone groups is 1. The van der Waals surface area contributed by atoms with Crippen LogP contribution in [0, 0.1) is 11.3 Å². The van der Waals surface area contributed by atoms with Crippen molar-refractivity contribution in [2.24, 2.45) is 11.3 Å². The van der Waals surface area contributed by atoms with Gasteiger partial charge in [-0.25, -0.2) is 8.42 Å². The van der Waals surface area contributed by atoms with E-state index in [0.717, 1.165) is 23.3 Å². The van der Waals surface area contributed by atoms with E-state index in [1.807, 2.05) is 0 Å². The molecule has 10 heteroatoms. The van der Waals surface area contributed by atoms with Gasteiger partial charge < -0.3 is 15.4 Å². The van der Waals surface area contributed by atoms with E-state index in [2.05, 4.69) is 31.4 Å². The van der Waals surface area contributed by atoms with Gasteiger partial charge >= 0.3 is 5.97 Å². The minimum atomic E-state index is -3.15. The third kappa shape index (κ3) is 5.81. The van der Waals surface area contributed by atoms with Crippen molar-refractivity contribution >= 4 is 44.0 Å². The summed E-state index contributed by atoms with van der Waals surface area (Å²) in [7, 11) is -3.15. The normalized spacial score (nSPS) is 20.9. The second-order valence-corrected chi connectivity index (χ2v) is 14.0. The third-order valence-electron chi connectivity index (χ3n) is 6.90. The molecule has 1 aliphatic heterocycles. The summed E-state index contributed by atoms with van der Waals surface area (Å²) < 4.78 is 29.0. The number of fused-ring (bicyclic) bond motifs is 1. The Balaban J connectivity index is 1.67. The van der Waals surface area contributed by atoms with Crippen LogP contribution < -0.4 is 15.4 Å². The predicted molar refractivity (Wildman–Crippen MR) is 140 cm³/mol. The standard InChI is InChI=1S/C26H32N2O6S2/c1-15(29)34-20-8-6-5-7-18(20)23(30)28-25-22(24(31)27-17-11-12-36(32,33)14-17)19-10-9-16(26(2,3)4)13-21(19)35-25/h5-8,16-17H,9-14H2,1-4H3,(H,27,31)(H,28,30). The third-order valence-corrected chi connectivity index (χ3v) is 9.83. The molecule has 2 aromatic rings. The number of para-hydroxylation sites is 1. The van der Waals surface area contributed by atoms with Gasteiger partial charge in [-0.3, -0.25) is 14.4 Å². The SMILES string of the molecule is CC(=O)Oc1ccccc1C(=O)Nc1sc2c(c1C(=O)NC1CCS(=O)(=O)C1)CCC(C(C)(C)C)C2. The molecule has 36 heavy (non-hydrogen) atoms. The Bertz CT molecular complexity index is 1310. The van der Waals surface area contributed by atoms with Gasteiger partial charge in [0.05, 0.1) is 22.6 Å². The molecule has 0 saturated carbocycles. The molecule has 1 aromatic carbocycles. The van der Waals surface area contributed by atoms with Crippen molar-refractivity contribution in [2.75, 3.05) is 16.8 Å². The molecule has 1 fully saturated rings. The topological polar surface area (TPSA) is 119 Å². The summed E-state index contributed by atoms with van der Waals surface area (Å²) in [6, 6.07) is 5.98. The van der Waals surface area contributed by atoms with Gasteiger partial charge in [0.1, 0.15) is 10.8 Å². The van der Waals surface area contributed by atoms with Gasteiger partial charge in [0.25, 0.3) is 11.8 Å². The average Bonchev–Trinajstić information content (AvgIpc) is 3.30. The highest BCUT2D eigenvalue weighted by molar-refractivity contribution is 7.91. The molecule has 1 aliphatic carbocycles. The lowest BCUT2D eigenvalue weighted by Crippen LogP contribution is -2.36. The lowest BCUT2D eigenvalue weighted by atomic mass is 9.72. The van der Waals surface area contributed by atoms with Crippen molar-refractivity contribution in [2.45, 2.75) is 59.4 Å². The monoisotopic (exact) mass is 532 g/mol. The van der Waals surface area contributed by atoms with Gasteiger partial charge in [-0.1, -0.05) is 32.9 Å². The smallest absolute Gasteiger partial charge is 0.308 e. The highest BCUT2D eigenvalue weighted by Crippen LogP contribution is 2.44. The number of nitrogens with one attached hydrogen (secondary N) is 2. The number of esters is 1. The van der Waals surface area contributed by atoms with Crippen molar-refractivity contribution in [1.29, 1.82) is 0 Å². The Morgan fingerprint density at radius 1 is 1.08 bits per heavy atom. The number of thiophene rings is 1. The number of benzene rings is 1. The van der Waals surface area contributed by atoms with Gasteiger partial charge in [-0.2, -0.15) is 0 Å². The molecule has 0 radical (unpaired) electrons. The molecule has 2 amide bonds. The van der Waals surface area contributed by atoms with E-state index in [9.17, 15) is 22.8 Å². The highest BCUT2D eigenvalue weighted by atomic mass is 32.2. The molecule has 1 saturated heterocycles. The number of anilines is 1. The van der Waals surface area contributed by atoms with Crippen molar-refractivity contribution in [3.8, 4) is 5.75 Å². The number of amides is 2. The highest BCUT2D eigenvalue weighted by Gasteiger charge is 2.36. The first-order valence-electron chi connectivity index (χ1n) is 12.1. The lowest BCUT2D eigenvalue weighted by molar-refractivity contribution is -0.131. The lowest BCUT2D eigenvalue weighted by Gasteiger charge is -2.33. The van der Waals surface area contributed by atoms with Gasteiger partial charge in [-0.15, -0.1) is 11.3 Å². The maximum absolute atomic E-state index is 13.5. The quantitative estimate of drug-likeness (QED) is 0.444. The fraction of sp³-hybridized carbons (Fsp3) is 0.500. The van der Waals surface area contributed by atoms with Crippen LogP contribution in [0.2, 0.25) is 0 Å². The fourth-order valence-electron chi connectivity index (χ4n) is 4.89. The zero-order valence-corrected chi connectivity index (χ0v) is 22.6. The van der Waals surface area contributed by atoms with E-state index in [1.54, 1.807) is 18.2 Å². The van der Waals surface area contributed by atoms with Gasteiger partial charge in [0, 0.05) is 17.8 Å². The number of carbonyl (C=O) groups excluding carboxylic acids is 3. The Labute approximate surface area is 215 Å². The Hall–Kier alpha value is -2.72. The van der Waals surface area contributed by atoms with Crippen LogP contribution in [0.4, 0.5) is 5.00 Å². The number of hydrogen-bond donors (Lipinski definition) is 2. The number of carbonyl (C=O) groups is 3. The molecule has 0 bridgehead atoms. The van der Waals surface area contributed by atoms with Crippen LogP contribution in [0.1, 0.15) is 71.7 Å². The van der Waals surface area contributed by atoms with Gasteiger partial charge in [0.2, 0.25) is 0 Å². The summed E-state index contributed by atoms with van der Waals surface area (Å²) in [5.74, 6) is -0.839.